The van der Waals surface area contributed by atoms with Gasteiger partial charge in [-0.2, -0.15) is 0 Å². The molecule has 1 aliphatic carbocycles. The molecule has 0 radical (unpaired) electrons. The van der Waals surface area contributed by atoms with E-state index in [2.05, 4.69) is 22.0 Å². The fourth-order valence-electron chi connectivity index (χ4n) is 4.21. The highest BCUT2D eigenvalue weighted by atomic mass is 16.5. The predicted octanol–water partition coefficient (Wildman–Crippen LogP) is 2.91. The number of benzene rings is 1. The SMILES string of the molecule is O=C(c1ccc(N2CCOCC2)nc1)N1C[C@@H](c2ccccc2)O[C@@H](C2CC2)C1. The number of nitrogens with zero attached hydrogens (tertiary/aromatic N) is 3. The second kappa shape index (κ2) is 8.13. The molecule has 2 aromatic rings. The molecule has 0 N–H and O–H groups in total. The minimum absolute atomic E-state index is 0.0425. The van der Waals surface area contributed by atoms with Crippen LogP contribution < -0.4 is 4.90 Å². The Morgan fingerprint density at radius 1 is 1.00 bits per heavy atom. The molecular weight excluding hydrogens is 366 g/mol. The molecule has 5 rings (SSSR count). The van der Waals surface area contributed by atoms with Gasteiger partial charge in [0, 0.05) is 25.8 Å². The topological polar surface area (TPSA) is 54.9 Å². The van der Waals surface area contributed by atoms with Crippen molar-refractivity contribution in [2.45, 2.75) is 25.0 Å². The summed E-state index contributed by atoms with van der Waals surface area (Å²) in [6.45, 7) is 4.37. The Hall–Kier alpha value is -2.44. The monoisotopic (exact) mass is 393 g/mol. The van der Waals surface area contributed by atoms with Crippen molar-refractivity contribution in [1.82, 2.24) is 9.88 Å². The number of anilines is 1. The van der Waals surface area contributed by atoms with Crippen LogP contribution >= 0.6 is 0 Å². The van der Waals surface area contributed by atoms with Gasteiger partial charge in [0.1, 0.15) is 11.9 Å². The van der Waals surface area contributed by atoms with Crippen LogP contribution in [0, 0.1) is 5.92 Å². The molecule has 6 heteroatoms. The standard InChI is InChI=1S/C23H27N3O3/c27-23(19-8-9-22(24-14-19)25-10-12-28-13-11-25)26-15-20(17-4-2-1-3-5-17)29-21(16-26)18-6-7-18/h1-5,8-9,14,18,20-21H,6-7,10-13,15-16H2/t20-,21+/m0/s1. The van der Waals surface area contributed by atoms with E-state index in [-0.39, 0.29) is 18.1 Å². The zero-order valence-corrected chi connectivity index (χ0v) is 16.6. The normalized spacial score (nSPS) is 25.1. The van der Waals surface area contributed by atoms with Crippen molar-refractivity contribution in [3.05, 3.63) is 59.8 Å². The maximum absolute atomic E-state index is 13.2. The number of pyridine rings is 1. The molecule has 1 aromatic heterocycles. The van der Waals surface area contributed by atoms with Gasteiger partial charge < -0.3 is 19.3 Å². The first kappa shape index (κ1) is 18.6. The van der Waals surface area contributed by atoms with Gasteiger partial charge in [0.25, 0.3) is 5.91 Å². The van der Waals surface area contributed by atoms with Crippen LogP contribution in [-0.4, -0.2) is 61.3 Å². The van der Waals surface area contributed by atoms with Crippen LogP contribution in [0.5, 0.6) is 0 Å². The van der Waals surface area contributed by atoms with Crippen LogP contribution in [0.4, 0.5) is 5.82 Å². The number of morpholine rings is 2. The minimum atomic E-state index is -0.0694. The molecule has 152 valence electrons. The maximum Gasteiger partial charge on any atom is 0.255 e. The summed E-state index contributed by atoms with van der Waals surface area (Å²) in [5, 5.41) is 0. The molecule has 1 aromatic carbocycles. The zero-order chi connectivity index (χ0) is 19.6. The Morgan fingerprint density at radius 2 is 1.79 bits per heavy atom. The number of amides is 1. The molecule has 2 aliphatic heterocycles. The Morgan fingerprint density at radius 3 is 2.48 bits per heavy atom. The van der Waals surface area contributed by atoms with E-state index in [4.69, 9.17) is 9.47 Å². The van der Waals surface area contributed by atoms with Gasteiger partial charge in [-0.1, -0.05) is 30.3 Å². The van der Waals surface area contributed by atoms with E-state index in [1.54, 1.807) is 6.20 Å². The van der Waals surface area contributed by atoms with E-state index >= 15 is 0 Å². The lowest BCUT2D eigenvalue weighted by atomic mass is 10.0. The highest BCUT2D eigenvalue weighted by Crippen LogP contribution is 2.39. The van der Waals surface area contributed by atoms with Crippen molar-refractivity contribution in [1.29, 1.82) is 0 Å². The number of rotatable bonds is 4. The van der Waals surface area contributed by atoms with E-state index in [0.29, 0.717) is 24.6 Å². The van der Waals surface area contributed by atoms with Gasteiger partial charge in [0.15, 0.2) is 0 Å². The Bertz CT molecular complexity index is 832. The third kappa shape index (κ3) is 4.14. The van der Waals surface area contributed by atoms with Gasteiger partial charge >= 0.3 is 0 Å². The molecule has 0 bridgehead atoms. The lowest BCUT2D eigenvalue weighted by molar-refractivity contribution is -0.0864. The number of aromatic nitrogens is 1. The van der Waals surface area contributed by atoms with Crippen LogP contribution in [-0.2, 0) is 9.47 Å². The Kier molecular flexibility index (Phi) is 5.21. The van der Waals surface area contributed by atoms with E-state index in [1.807, 2.05) is 35.2 Å². The van der Waals surface area contributed by atoms with Crippen molar-refractivity contribution in [3.8, 4) is 0 Å². The number of ether oxygens (including phenoxy) is 2. The second-order valence-electron chi connectivity index (χ2n) is 8.13. The molecule has 29 heavy (non-hydrogen) atoms. The maximum atomic E-state index is 13.2. The molecule has 2 atom stereocenters. The molecule has 2 saturated heterocycles. The number of hydrogen-bond acceptors (Lipinski definition) is 5. The molecule has 1 amide bonds. The summed E-state index contributed by atoms with van der Waals surface area (Å²) in [6.07, 6.45) is 4.17. The van der Waals surface area contributed by atoms with E-state index in [0.717, 1.165) is 37.7 Å². The van der Waals surface area contributed by atoms with Crippen LogP contribution in [0.15, 0.2) is 48.7 Å². The summed E-state index contributed by atoms with van der Waals surface area (Å²) in [7, 11) is 0. The van der Waals surface area contributed by atoms with Crippen LogP contribution in [0.25, 0.3) is 0 Å². The van der Waals surface area contributed by atoms with Crippen molar-refractivity contribution in [3.63, 3.8) is 0 Å². The average molecular weight is 393 g/mol. The minimum Gasteiger partial charge on any atom is -0.378 e. The summed E-state index contributed by atoms with van der Waals surface area (Å²) in [5.74, 6) is 1.53. The summed E-state index contributed by atoms with van der Waals surface area (Å²) < 4.78 is 11.8. The van der Waals surface area contributed by atoms with Crippen LogP contribution in [0.3, 0.4) is 0 Å². The summed E-state index contributed by atoms with van der Waals surface area (Å²) in [6, 6.07) is 14.1. The Labute approximate surface area is 171 Å². The fraction of sp³-hybridized carbons (Fsp3) is 0.478. The fourth-order valence-corrected chi connectivity index (χ4v) is 4.21. The third-order valence-corrected chi connectivity index (χ3v) is 6.06. The van der Waals surface area contributed by atoms with Gasteiger partial charge in [0.2, 0.25) is 0 Å². The number of hydrogen-bond donors (Lipinski definition) is 0. The third-order valence-electron chi connectivity index (χ3n) is 6.06. The summed E-state index contributed by atoms with van der Waals surface area (Å²) in [5.41, 5.74) is 1.78. The zero-order valence-electron chi connectivity index (χ0n) is 16.6. The van der Waals surface area contributed by atoms with E-state index in [9.17, 15) is 4.79 Å². The predicted molar refractivity (Wildman–Crippen MR) is 110 cm³/mol. The molecule has 3 aliphatic rings. The van der Waals surface area contributed by atoms with E-state index < -0.39 is 0 Å². The first-order chi connectivity index (χ1) is 14.3. The Balaban J connectivity index is 1.32. The first-order valence-corrected chi connectivity index (χ1v) is 10.6. The largest absolute Gasteiger partial charge is 0.378 e. The molecule has 6 nitrogen and oxygen atoms in total. The lowest BCUT2D eigenvalue weighted by Gasteiger charge is -2.38. The van der Waals surface area contributed by atoms with Crippen LogP contribution in [0.2, 0.25) is 0 Å². The van der Waals surface area contributed by atoms with E-state index in [1.165, 1.54) is 12.8 Å². The highest BCUT2D eigenvalue weighted by molar-refractivity contribution is 5.94. The molecule has 0 unspecified atom stereocenters. The van der Waals surface area contributed by atoms with Gasteiger partial charge in [-0.25, -0.2) is 4.98 Å². The highest BCUT2D eigenvalue weighted by Gasteiger charge is 2.40. The van der Waals surface area contributed by atoms with Gasteiger partial charge in [0.05, 0.1) is 31.4 Å². The van der Waals surface area contributed by atoms with Gasteiger partial charge in [-0.3, -0.25) is 4.79 Å². The van der Waals surface area contributed by atoms with Crippen molar-refractivity contribution in [2.24, 2.45) is 5.92 Å². The molecule has 3 fully saturated rings. The summed E-state index contributed by atoms with van der Waals surface area (Å²) >= 11 is 0. The first-order valence-electron chi connectivity index (χ1n) is 10.6. The average Bonchev–Trinajstić information content (AvgIpc) is 3.65. The van der Waals surface area contributed by atoms with Gasteiger partial charge in [-0.05, 0) is 36.5 Å². The quantitative estimate of drug-likeness (QED) is 0.800. The smallest absolute Gasteiger partial charge is 0.255 e. The molecule has 0 spiro atoms. The van der Waals surface area contributed by atoms with Gasteiger partial charge in [-0.15, -0.1) is 0 Å². The van der Waals surface area contributed by atoms with Crippen LogP contribution in [0.1, 0.15) is 34.9 Å². The lowest BCUT2D eigenvalue weighted by Crippen LogP contribution is -2.47. The van der Waals surface area contributed by atoms with Crippen molar-refractivity contribution in [2.75, 3.05) is 44.3 Å². The number of carbonyl (C=O) groups is 1. The molecule has 1 saturated carbocycles. The molecule has 3 heterocycles. The second-order valence-corrected chi connectivity index (χ2v) is 8.13. The number of carbonyl (C=O) groups excluding carboxylic acids is 1. The molecular formula is C23H27N3O3. The van der Waals surface area contributed by atoms with Crippen molar-refractivity contribution < 1.29 is 14.3 Å². The summed E-state index contributed by atoms with van der Waals surface area (Å²) in [4.78, 5) is 22.0. The van der Waals surface area contributed by atoms with Crippen molar-refractivity contribution >= 4 is 11.7 Å².